The minimum absolute atomic E-state index is 0.687. The maximum atomic E-state index is 5.40. The Labute approximate surface area is 341 Å². The summed E-state index contributed by atoms with van der Waals surface area (Å²) in [7, 11) is 0. The molecule has 0 aliphatic rings. The van der Waals surface area contributed by atoms with Crippen LogP contribution in [-0.2, 0) is 0 Å². The molecule has 5 heteroatoms. The summed E-state index contributed by atoms with van der Waals surface area (Å²) in [6.45, 7) is 0. The van der Waals surface area contributed by atoms with Gasteiger partial charge in [-0.3, -0.25) is 9.55 Å². The Balaban J connectivity index is 1.05. The fourth-order valence-electron chi connectivity index (χ4n) is 8.24. The van der Waals surface area contributed by atoms with Gasteiger partial charge in [-0.2, -0.15) is 0 Å². The highest BCUT2D eigenvalue weighted by Crippen LogP contribution is 2.40. The zero-order valence-electron chi connectivity index (χ0n) is 31.9. The first-order chi connectivity index (χ1) is 29.2. The van der Waals surface area contributed by atoms with Crippen molar-refractivity contribution in [3.8, 4) is 73.2 Å². The van der Waals surface area contributed by atoms with Crippen LogP contribution in [0, 0.1) is 0 Å². The van der Waals surface area contributed by atoms with E-state index in [-0.39, 0.29) is 0 Å². The van der Waals surface area contributed by atoms with Gasteiger partial charge in [0.25, 0.3) is 0 Å². The summed E-state index contributed by atoms with van der Waals surface area (Å²) >= 11 is 0. The van der Waals surface area contributed by atoms with Gasteiger partial charge in [0.15, 0.2) is 5.82 Å². The Hall–Kier alpha value is -8.02. The third-order valence-electron chi connectivity index (χ3n) is 11.1. The van der Waals surface area contributed by atoms with E-state index in [9.17, 15) is 0 Å². The summed E-state index contributed by atoms with van der Waals surface area (Å²) in [5.74, 6) is 1.57. The molecule has 0 aliphatic heterocycles. The van der Waals surface area contributed by atoms with Crippen LogP contribution in [0.2, 0.25) is 0 Å². The average molecular weight is 754 g/mol. The topological polar surface area (TPSA) is 56.5 Å². The van der Waals surface area contributed by atoms with Gasteiger partial charge in [-0.25, -0.2) is 15.0 Å². The fourth-order valence-corrected chi connectivity index (χ4v) is 8.24. The summed E-state index contributed by atoms with van der Waals surface area (Å²) < 4.78 is 2.31. The van der Waals surface area contributed by atoms with E-state index in [1.165, 1.54) is 16.5 Å². The minimum Gasteiger partial charge on any atom is -0.292 e. The molecule has 0 N–H and O–H groups in total. The standard InChI is InChI=1S/C54H35N5/c1-4-14-36(15-5-1)37-26-28-38(29-27-37)49-34-50(57-53(56-49)39-16-6-2-7-17-39)43-22-12-20-41(32-43)42-21-13-23-44(33-42)59-52-48-35-55-31-30-46(48)45-24-10-11-25-47(45)51(52)58-54(59)40-18-8-3-9-19-40/h1-35H. The second-order valence-electron chi connectivity index (χ2n) is 14.7. The molecule has 0 spiro atoms. The molecule has 0 atom stereocenters. The number of hydrogen-bond acceptors (Lipinski definition) is 4. The fraction of sp³-hybridized carbons (Fsp3) is 0. The predicted octanol–water partition coefficient (Wildman–Crippen LogP) is 13.5. The smallest absolute Gasteiger partial charge is 0.160 e. The van der Waals surface area contributed by atoms with Crippen molar-refractivity contribution >= 4 is 32.6 Å². The highest BCUT2D eigenvalue weighted by Gasteiger charge is 2.21. The van der Waals surface area contributed by atoms with E-state index >= 15 is 0 Å². The van der Waals surface area contributed by atoms with Crippen molar-refractivity contribution in [1.29, 1.82) is 0 Å². The van der Waals surface area contributed by atoms with E-state index in [0.717, 1.165) is 83.5 Å². The van der Waals surface area contributed by atoms with Crippen molar-refractivity contribution in [2.45, 2.75) is 0 Å². The van der Waals surface area contributed by atoms with Gasteiger partial charge in [-0.1, -0.05) is 170 Å². The van der Waals surface area contributed by atoms with E-state index in [2.05, 4.69) is 179 Å². The summed E-state index contributed by atoms with van der Waals surface area (Å²) in [4.78, 5) is 20.3. The van der Waals surface area contributed by atoms with Gasteiger partial charge < -0.3 is 0 Å². The molecular formula is C54H35N5. The molecule has 8 aromatic carbocycles. The normalized spacial score (nSPS) is 11.4. The summed E-state index contributed by atoms with van der Waals surface area (Å²) in [6.07, 6.45) is 3.85. The second-order valence-corrected chi connectivity index (χ2v) is 14.7. The molecule has 3 aromatic heterocycles. The van der Waals surface area contributed by atoms with Crippen molar-refractivity contribution in [1.82, 2.24) is 24.5 Å². The maximum absolute atomic E-state index is 5.40. The molecule has 0 saturated carbocycles. The van der Waals surface area contributed by atoms with Gasteiger partial charge in [0.05, 0.1) is 22.4 Å². The van der Waals surface area contributed by atoms with Crippen molar-refractivity contribution in [2.24, 2.45) is 0 Å². The number of pyridine rings is 1. The monoisotopic (exact) mass is 753 g/mol. The van der Waals surface area contributed by atoms with E-state index < -0.39 is 0 Å². The van der Waals surface area contributed by atoms with E-state index in [1.807, 2.05) is 42.7 Å². The van der Waals surface area contributed by atoms with Crippen LogP contribution in [0.5, 0.6) is 0 Å². The van der Waals surface area contributed by atoms with Crippen LogP contribution in [0.1, 0.15) is 0 Å². The van der Waals surface area contributed by atoms with Crippen LogP contribution in [-0.4, -0.2) is 24.5 Å². The van der Waals surface area contributed by atoms with Crippen molar-refractivity contribution in [2.75, 3.05) is 0 Å². The molecule has 5 nitrogen and oxygen atoms in total. The molecule has 59 heavy (non-hydrogen) atoms. The van der Waals surface area contributed by atoms with Crippen molar-refractivity contribution in [3.05, 3.63) is 213 Å². The van der Waals surface area contributed by atoms with Crippen molar-refractivity contribution < 1.29 is 0 Å². The molecule has 11 rings (SSSR count). The molecule has 11 aromatic rings. The maximum Gasteiger partial charge on any atom is 0.160 e. The lowest BCUT2D eigenvalue weighted by Gasteiger charge is -2.14. The highest BCUT2D eigenvalue weighted by atomic mass is 15.1. The Kier molecular flexibility index (Phi) is 8.41. The molecule has 0 fully saturated rings. The number of imidazole rings is 1. The largest absolute Gasteiger partial charge is 0.292 e. The average Bonchev–Trinajstić information content (AvgIpc) is 3.74. The zero-order valence-corrected chi connectivity index (χ0v) is 31.9. The number of nitrogens with zero attached hydrogens (tertiary/aromatic N) is 5. The first-order valence-corrected chi connectivity index (χ1v) is 19.8. The number of hydrogen-bond donors (Lipinski definition) is 0. The van der Waals surface area contributed by atoms with Gasteiger partial charge in [-0.05, 0) is 63.4 Å². The first-order valence-electron chi connectivity index (χ1n) is 19.8. The predicted molar refractivity (Wildman–Crippen MR) is 242 cm³/mol. The third kappa shape index (κ3) is 6.22. The minimum atomic E-state index is 0.687. The number of rotatable bonds is 7. The molecule has 0 radical (unpaired) electrons. The quantitative estimate of drug-likeness (QED) is 0.152. The summed E-state index contributed by atoms with van der Waals surface area (Å²) in [6, 6.07) is 69.9. The van der Waals surface area contributed by atoms with Crippen LogP contribution >= 0.6 is 0 Å². The second kappa shape index (κ2) is 14.5. The van der Waals surface area contributed by atoms with E-state index in [4.69, 9.17) is 15.0 Å². The Bertz CT molecular complexity index is 3300. The molecule has 0 aliphatic carbocycles. The van der Waals surface area contributed by atoms with Gasteiger partial charge in [-0.15, -0.1) is 0 Å². The lowest BCUT2D eigenvalue weighted by atomic mass is 9.99. The summed E-state index contributed by atoms with van der Waals surface area (Å²) in [5, 5.41) is 4.50. The van der Waals surface area contributed by atoms with E-state index in [1.54, 1.807) is 0 Å². The van der Waals surface area contributed by atoms with Crippen molar-refractivity contribution in [3.63, 3.8) is 0 Å². The van der Waals surface area contributed by atoms with E-state index in [0.29, 0.717) is 5.82 Å². The Morgan fingerprint density at radius 3 is 1.63 bits per heavy atom. The van der Waals surface area contributed by atoms with Crippen LogP contribution < -0.4 is 0 Å². The lowest BCUT2D eigenvalue weighted by molar-refractivity contribution is 1.11. The molecular weight excluding hydrogens is 719 g/mol. The number of aromatic nitrogens is 5. The van der Waals surface area contributed by atoms with Crippen LogP contribution in [0.25, 0.3) is 106 Å². The lowest BCUT2D eigenvalue weighted by Crippen LogP contribution is -1.99. The molecule has 0 amide bonds. The van der Waals surface area contributed by atoms with Gasteiger partial charge in [0, 0.05) is 51.1 Å². The molecule has 0 bridgehead atoms. The number of benzene rings is 8. The van der Waals surface area contributed by atoms with Gasteiger partial charge in [0.2, 0.25) is 0 Å². The van der Waals surface area contributed by atoms with Crippen LogP contribution in [0.4, 0.5) is 0 Å². The van der Waals surface area contributed by atoms with Crippen LogP contribution in [0.15, 0.2) is 213 Å². The molecule has 0 unspecified atom stereocenters. The SMILES string of the molecule is c1ccc(-c2ccc(-c3cc(-c4cccc(-c5cccc(-n6c(-c7ccccc7)nc7c8ccccc8c8ccncc8c76)c5)c4)nc(-c4ccccc4)n3)cc2)cc1. The first kappa shape index (κ1) is 34.2. The zero-order chi connectivity index (χ0) is 39.1. The Morgan fingerprint density at radius 1 is 0.339 bits per heavy atom. The third-order valence-corrected chi connectivity index (χ3v) is 11.1. The Morgan fingerprint density at radius 2 is 0.881 bits per heavy atom. The number of fused-ring (bicyclic) bond motifs is 6. The molecule has 276 valence electrons. The van der Waals surface area contributed by atoms with Gasteiger partial charge >= 0.3 is 0 Å². The highest BCUT2D eigenvalue weighted by molar-refractivity contribution is 6.24. The van der Waals surface area contributed by atoms with Crippen LogP contribution in [0.3, 0.4) is 0 Å². The molecule has 0 saturated heterocycles. The molecule has 3 heterocycles. The van der Waals surface area contributed by atoms with Gasteiger partial charge in [0.1, 0.15) is 5.82 Å². The summed E-state index contributed by atoms with van der Waals surface area (Å²) in [5.41, 5.74) is 13.3.